The highest BCUT2D eigenvalue weighted by Crippen LogP contribution is 2.31. The fourth-order valence-electron chi connectivity index (χ4n) is 3.39. The molecule has 0 bridgehead atoms. The van der Waals surface area contributed by atoms with Gasteiger partial charge in [0.05, 0.1) is 28.1 Å². The summed E-state index contributed by atoms with van der Waals surface area (Å²) < 4.78 is 66.9. The average Bonchev–Trinajstić information content (AvgIpc) is 3.25. The summed E-state index contributed by atoms with van der Waals surface area (Å²) in [6.45, 7) is 1.86. The molecule has 1 N–H and O–H groups in total. The molecule has 2 heterocycles. The minimum atomic E-state index is -3.91. The highest BCUT2D eigenvalue weighted by molar-refractivity contribution is 7.92. The largest absolute Gasteiger partial charge is 0.264 e. The van der Waals surface area contributed by atoms with Gasteiger partial charge in [-0.2, -0.15) is 5.10 Å². The summed E-state index contributed by atoms with van der Waals surface area (Å²) in [4.78, 5) is 0.0863. The van der Waals surface area contributed by atoms with Gasteiger partial charge in [0.25, 0.3) is 10.0 Å². The number of halogens is 1. The van der Waals surface area contributed by atoms with Gasteiger partial charge in [0.15, 0.2) is 9.84 Å². The summed E-state index contributed by atoms with van der Waals surface area (Å²) in [6, 6.07) is 13.1. The quantitative estimate of drug-likeness (QED) is 0.645. The zero-order valence-corrected chi connectivity index (χ0v) is 17.7. The molecule has 1 aliphatic rings. The lowest BCUT2D eigenvalue weighted by atomic mass is 10.1. The Morgan fingerprint density at radius 2 is 1.77 bits per heavy atom. The minimum absolute atomic E-state index is 0.0214. The van der Waals surface area contributed by atoms with Gasteiger partial charge in [0.1, 0.15) is 11.6 Å². The highest BCUT2D eigenvalue weighted by Gasteiger charge is 2.32. The van der Waals surface area contributed by atoms with E-state index in [1.807, 2.05) is 6.92 Å². The Kier molecular flexibility index (Phi) is 5.15. The summed E-state index contributed by atoms with van der Waals surface area (Å²) in [7, 11) is -7.12. The van der Waals surface area contributed by atoms with Gasteiger partial charge in [0.2, 0.25) is 0 Å². The maximum Gasteiger partial charge on any atom is 0.263 e. The molecule has 1 saturated heterocycles. The van der Waals surface area contributed by atoms with Crippen LogP contribution in [0, 0.1) is 12.7 Å². The van der Waals surface area contributed by atoms with E-state index in [1.165, 1.54) is 47.1 Å². The SMILES string of the molecule is Cc1ccc(S(=O)(=O)Nc2cc(-c3ccc(F)cc3)nn2[C@@H]2CCS(=O)(=O)C2)cc1. The van der Waals surface area contributed by atoms with Gasteiger partial charge in [-0.25, -0.2) is 25.9 Å². The number of nitrogens with one attached hydrogen (secondary N) is 1. The number of aromatic nitrogens is 2. The van der Waals surface area contributed by atoms with E-state index in [-0.39, 0.29) is 22.2 Å². The van der Waals surface area contributed by atoms with Crippen LogP contribution in [0.5, 0.6) is 0 Å². The zero-order valence-electron chi connectivity index (χ0n) is 16.1. The molecule has 0 aliphatic carbocycles. The van der Waals surface area contributed by atoms with Crippen molar-refractivity contribution in [3.05, 3.63) is 66.0 Å². The maximum absolute atomic E-state index is 13.3. The molecule has 0 saturated carbocycles. The van der Waals surface area contributed by atoms with Crippen molar-refractivity contribution in [3.8, 4) is 11.3 Å². The molecule has 7 nitrogen and oxygen atoms in total. The average molecular weight is 450 g/mol. The molecule has 1 aliphatic heterocycles. The third-order valence-electron chi connectivity index (χ3n) is 5.00. The molecule has 1 aromatic heterocycles. The number of hydrogen-bond acceptors (Lipinski definition) is 5. The zero-order chi connectivity index (χ0) is 21.5. The van der Waals surface area contributed by atoms with Crippen molar-refractivity contribution in [3.63, 3.8) is 0 Å². The van der Waals surface area contributed by atoms with E-state index in [9.17, 15) is 21.2 Å². The second kappa shape index (κ2) is 7.51. The lowest BCUT2D eigenvalue weighted by molar-refractivity contribution is 0.507. The van der Waals surface area contributed by atoms with Crippen molar-refractivity contribution in [2.75, 3.05) is 16.2 Å². The number of hydrogen-bond donors (Lipinski definition) is 1. The molecule has 1 fully saturated rings. The molecule has 0 radical (unpaired) electrons. The Labute approximate surface area is 174 Å². The van der Waals surface area contributed by atoms with Crippen molar-refractivity contribution in [1.82, 2.24) is 9.78 Å². The molecular weight excluding hydrogens is 429 g/mol. The first kappa shape index (κ1) is 20.5. The summed E-state index contributed by atoms with van der Waals surface area (Å²) in [5, 5.41) is 4.45. The second-order valence-electron chi connectivity index (χ2n) is 7.34. The first-order valence-corrected chi connectivity index (χ1v) is 12.6. The van der Waals surface area contributed by atoms with E-state index >= 15 is 0 Å². The van der Waals surface area contributed by atoms with Gasteiger partial charge < -0.3 is 0 Å². The molecule has 3 aromatic rings. The molecule has 4 rings (SSSR count). The van der Waals surface area contributed by atoms with E-state index in [4.69, 9.17) is 0 Å². The van der Waals surface area contributed by atoms with Gasteiger partial charge in [-0.3, -0.25) is 4.72 Å². The number of nitrogens with zero attached hydrogens (tertiary/aromatic N) is 2. The molecule has 0 spiro atoms. The Morgan fingerprint density at radius 3 is 2.37 bits per heavy atom. The Balaban J connectivity index is 1.75. The third kappa shape index (κ3) is 4.24. The number of rotatable bonds is 5. The van der Waals surface area contributed by atoms with Crippen molar-refractivity contribution < 1.29 is 21.2 Å². The molecular formula is C20H20FN3O4S2. The summed E-state index contributed by atoms with van der Waals surface area (Å²) in [6.07, 6.45) is 0.339. The van der Waals surface area contributed by atoms with E-state index in [0.29, 0.717) is 17.7 Å². The van der Waals surface area contributed by atoms with Crippen LogP contribution in [0.1, 0.15) is 18.0 Å². The van der Waals surface area contributed by atoms with Crippen molar-refractivity contribution in [2.45, 2.75) is 24.3 Å². The second-order valence-corrected chi connectivity index (χ2v) is 11.3. The fourth-order valence-corrected chi connectivity index (χ4v) is 6.13. The van der Waals surface area contributed by atoms with Gasteiger partial charge in [0, 0.05) is 11.6 Å². The Hall–Kier alpha value is -2.72. The number of anilines is 1. The van der Waals surface area contributed by atoms with Gasteiger partial charge in [-0.1, -0.05) is 17.7 Å². The van der Waals surface area contributed by atoms with Crippen LogP contribution >= 0.6 is 0 Å². The predicted octanol–water partition coefficient (Wildman–Crippen LogP) is 3.16. The van der Waals surface area contributed by atoms with Crippen LogP contribution in [0.4, 0.5) is 10.2 Å². The van der Waals surface area contributed by atoms with E-state index in [2.05, 4.69) is 9.82 Å². The van der Waals surface area contributed by atoms with Crippen molar-refractivity contribution >= 4 is 25.7 Å². The van der Waals surface area contributed by atoms with E-state index < -0.39 is 31.7 Å². The first-order chi connectivity index (χ1) is 14.1. The highest BCUT2D eigenvalue weighted by atomic mass is 32.2. The van der Waals surface area contributed by atoms with Crippen molar-refractivity contribution in [2.24, 2.45) is 0 Å². The summed E-state index contributed by atoms with van der Waals surface area (Å²) >= 11 is 0. The Morgan fingerprint density at radius 1 is 1.10 bits per heavy atom. The van der Waals surface area contributed by atoms with Crippen LogP contribution in [0.3, 0.4) is 0 Å². The standard InChI is InChI=1S/C20H20FN3O4S2/c1-14-2-8-18(9-3-14)30(27,28)23-20-12-19(15-4-6-16(21)7-5-15)22-24(20)17-10-11-29(25,26)13-17/h2-9,12,17,23H,10-11,13H2,1H3/t17-/m1/s1. The minimum Gasteiger partial charge on any atom is -0.264 e. The molecule has 1 atom stereocenters. The van der Waals surface area contributed by atoms with Crippen molar-refractivity contribution in [1.29, 1.82) is 0 Å². The number of aryl methyl sites for hydroxylation is 1. The molecule has 2 aromatic carbocycles. The normalized spacial score (nSPS) is 18.4. The number of sulfonamides is 1. The number of sulfone groups is 1. The third-order valence-corrected chi connectivity index (χ3v) is 8.12. The van der Waals surface area contributed by atoms with Gasteiger partial charge >= 0.3 is 0 Å². The lowest BCUT2D eigenvalue weighted by Crippen LogP contribution is -2.20. The monoisotopic (exact) mass is 449 g/mol. The Bertz CT molecular complexity index is 1280. The topological polar surface area (TPSA) is 98.1 Å². The van der Waals surface area contributed by atoms with Crippen LogP contribution in [-0.4, -0.2) is 38.1 Å². The molecule has 10 heteroatoms. The van der Waals surface area contributed by atoms with Gasteiger partial charge in [-0.05, 0) is 49.7 Å². The molecule has 0 amide bonds. The molecule has 0 unspecified atom stereocenters. The fraction of sp³-hybridized carbons (Fsp3) is 0.250. The van der Waals surface area contributed by atoms with Crippen LogP contribution < -0.4 is 4.72 Å². The van der Waals surface area contributed by atoms with E-state index in [1.54, 1.807) is 12.1 Å². The lowest BCUT2D eigenvalue weighted by Gasteiger charge is -2.14. The number of benzene rings is 2. The summed E-state index contributed by atoms with van der Waals surface area (Å²) in [5.74, 6) is -0.331. The molecule has 30 heavy (non-hydrogen) atoms. The van der Waals surface area contributed by atoms with Crippen LogP contribution in [0.2, 0.25) is 0 Å². The smallest absolute Gasteiger partial charge is 0.263 e. The van der Waals surface area contributed by atoms with Crippen LogP contribution in [-0.2, 0) is 19.9 Å². The van der Waals surface area contributed by atoms with Crippen LogP contribution in [0.25, 0.3) is 11.3 Å². The molecule has 158 valence electrons. The summed E-state index contributed by atoms with van der Waals surface area (Å²) in [5.41, 5.74) is 1.93. The predicted molar refractivity (Wildman–Crippen MR) is 112 cm³/mol. The van der Waals surface area contributed by atoms with Crippen LogP contribution in [0.15, 0.2) is 59.5 Å². The van der Waals surface area contributed by atoms with E-state index in [0.717, 1.165) is 5.56 Å². The van der Waals surface area contributed by atoms with Gasteiger partial charge in [-0.15, -0.1) is 0 Å². The maximum atomic E-state index is 13.3. The first-order valence-electron chi connectivity index (χ1n) is 9.28.